The zero-order chi connectivity index (χ0) is 26.1. The van der Waals surface area contributed by atoms with Crippen LogP contribution in [0.15, 0.2) is 77.9 Å². The third-order valence-corrected chi connectivity index (χ3v) is 4.93. The van der Waals surface area contributed by atoms with E-state index in [1.54, 1.807) is 19.1 Å². The number of ether oxygens (including phenoxy) is 2. The lowest BCUT2D eigenvalue weighted by Crippen LogP contribution is -2.37. The SMILES string of the molecule is COc1cc(/C(C)=N/NC(=O)C(=O)NCc2ccccc2)ccc1OC(=O)c1ccc([N+](=O)[O-])cc1. The molecular formula is C25H22N4O7. The molecule has 0 aliphatic heterocycles. The van der Waals surface area contributed by atoms with Gasteiger partial charge in [-0.3, -0.25) is 19.7 Å². The molecule has 0 heterocycles. The summed E-state index contributed by atoms with van der Waals surface area (Å²) in [6.07, 6.45) is 0. The van der Waals surface area contributed by atoms with Gasteiger partial charge in [0.05, 0.1) is 23.3 Å². The first-order valence-corrected chi connectivity index (χ1v) is 10.6. The maximum Gasteiger partial charge on any atom is 0.343 e. The number of non-ortho nitro benzene ring substituents is 1. The number of nitro groups is 1. The Morgan fingerprint density at radius 3 is 2.22 bits per heavy atom. The van der Waals surface area contributed by atoms with Crippen LogP contribution in [-0.4, -0.2) is 35.5 Å². The van der Waals surface area contributed by atoms with Crippen LogP contribution in [0, 0.1) is 10.1 Å². The molecule has 0 aromatic heterocycles. The minimum Gasteiger partial charge on any atom is -0.493 e. The summed E-state index contributed by atoms with van der Waals surface area (Å²) in [6, 6.07) is 18.7. The molecule has 11 heteroatoms. The van der Waals surface area contributed by atoms with Gasteiger partial charge in [0.2, 0.25) is 0 Å². The normalized spacial score (nSPS) is 10.8. The van der Waals surface area contributed by atoms with Crippen molar-refractivity contribution in [2.24, 2.45) is 5.10 Å². The van der Waals surface area contributed by atoms with E-state index in [4.69, 9.17) is 9.47 Å². The Kier molecular flexibility index (Phi) is 8.44. The van der Waals surface area contributed by atoms with Gasteiger partial charge in [0, 0.05) is 24.2 Å². The summed E-state index contributed by atoms with van der Waals surface area (Å²) in [5, 5.41) is 17.2. The van der Waals surface area contributed by atoms with E-state index in [1.165, 1.54) is 37.4 Å². The summed E-state index contributed by atoms with van der Waals surface area (Å²) < 4.78 is 10.6. The minimum absolute atomic E-state index is 0.113. The predicted molar refractivity (Wildman–Crippen MR) is 130 cm³/mol. The number of nitro benzene ring substituents is 1. The van der Waals surface area contributed by atoms with Crippen molar-refractivity contribution in [1.29, 1.82) is 0 Å². The van der Waals surface area contributed by atoms with Crippen LogP contribution in [0.4, 0.5) is 5.69 Å². The summed E-state index contributed by atoms with van der Waals surface area (Å²) in [4.78, 5) is 46.6. The van der Waals surface area contributed by atoms with Crippen molar-refractivity contribution in [2.75, 3.05) is 7.11 Å². The number of rotatable bonds is 8. The highest BCUT2D eigenvalue weighted by atomic mass is 16.6. The van der Waals surface area contributed by atoms with Gasteiger partial charge in [-0.25, -0.2) is 10.2 Å². The highest BCUT2D eigenvalue weighted by molar-refractivity contribution is 6.35. The van der Waals surface area contributed by atoms with Gasteiger partial charge < -0.3 is 14.8 Å². The van der Waals surface area contributed by atoms with Crippen LogP contribution in [0.25, 0.3) is 0 Å². The summed E-state index contributed by atoms with van der Waals surface area (Å²) in [5.74, 6) is -2.16. The van der Waals surface area contributed by atoms with Crippen molar-refractivity contribution >= 4 is 29.2 Å². The summed E-state index contributed by atoms with van der Waals surface area (Å²) >= 11 is 0. The number of carbonyl (C=O) groups excluding carboxylic acids is 3. The first kappa shape index (κ1) is 25.6. The monoisotopic (exact) mass is 490 g/mol. The zero-order valence-electron chi connectivity index (χ0n) is 19.4. The maximum absolute atomic E-state index is 12.4. The number of nitrogens with one attached hydrogen (secondary N) is 2. The van der Waals surface area contributed by atoms with Crippen LogP contribution in [0.1, 0.15) is 28.4 Å². The molecule has 3 rings (SSSR count). The van der Waals surface area contributed by atoms with Gasteiger partial charge in [0.25, 0.3) is 5.69 Å². The number of esters is 1. The van der Waals surface area contributed by atoms with E-state index in [0.29, 0.717) is 11.3 Å². The van der Waals surface area contributed by atoms with E-state index >= 15 is 0 Å². The van der Waals surface area contributed by atoms with Gasteiger partial charge in [0.15, 0.2) is 11.5 Å². The van der Waals surface area contributed by atoms with E-state index in [1.807, 2.05) is 30.3 Å². The highest BCUT2D eigenvalue weighted by Crippen LogP contribution is 2.29. The van der Waals surface area contributed by atoms with E-state index in [9.17, 15) is 24.5 Å². The second-order valence-electron chi connectivity index (χ2n) is 7.37. The van der Waals surface area contributed by atoms with Crippen molar-refractivity contribution in [3.05, 3.63) is 99.6 Å². The summed E-state index contributed by atoms with van der Waals surface area (Å²) in [5.41, 5.74) is 3.92. The highest BCUT2D eigenvalue weighted by Gasteiger charge is 2.16. The third kappa shape index (κ3) is 6.73. The van der Waals surface area contributed by atoms with Gasteiger partial charge in [-0.1, -0.05) is 30.3 Å². The molecule has 184 valence electrons. The molecule has 2 N–H and O–H groups in total. The Bertz CT molecular complexity index is 1310. The maximum atomic E-state index is 12.4. The van der Waals surface area contributed by atoms with Crippen LogP contribution >= 0.6 is 0 Å². The quantitative estimate of drug-likeness (QED) is 0.123. The van der Waals surface area contributed by atoms with Crippen molar-refractivity contribution < 1.29 is 28.8 Å². The molecule has 0 atom stereocenters. The van der Waals surface area contributed by atoms with E-state index in [2.05, 4.69) is 15.8 Å². The van der Waals surface area contributed by atoms with Crippen molar-refractivity contribution in [1.82, 2.24) is 10.7 Å². The second-order valence-corrected chi connectivity index (χ2v) is 7.37. The molecule has 0 aliphatic carbocycles. The lowest BCUT2D eigenvalue weighted by atomic mass is 10.1. The first-order chi connectivity index (χ1) is 17.3. The van der Waals surface area contributed by atoms with Crippen molar-refractivity contribution in [2.45, 2.75) is 13.5 Å². The fourth-order valence-corrected chi connectivity index (χ4v) is 2.96. The second kappa shape index (κ2) is 11.9. The molecule has 2 amide bonds. The third-order valence-electron chi connectivity index (χ3n) is 4.93. The Hall–Kier alpha value is -5.06. The average molecular weight is 490 g/mol. The van der Waals surface area contributed by atoms with E-state index in [0.717, 1.165) is 5.56 Å². The number of nitrogens with zero attached hydrogens (tertiary/aromatic N) is 2. The zero-order valence-corrected chi connectivity index (χ0v) is 19.4. The molecule has 0 fully saturated rings. The van der Waals surface area contributed by atoms with Gasteiger partial charge in [-0.05, 0) is 42.8 Å². The molecule has 11 nitrogen and oxygen atoms in total. The average Bonchev–Trinajstić information content (AvgIpc) is 2.90. The molecule has 0 spiro atoms. The largest absolute Gasteiger partial charge is 0.493 e. The van der Waals surface area contributed by atoms with Crippen LogP contribution in [0.5, 0.6) is 11.5 Å². The number of methoxy groups -OCH3 is 1. The number of amides is 2. The molecule has 0 aliphatic rings. The number of hydrogen-bond donors (Lipinski definition) is 2. The van der Waals surface area contributed by atoms with Crippen LogP contribution in [0.2, 0.25) is 0 Å². The number of carbonyl (C=O) groups is 3. The molecular weight excluding hydrogens is 468 g/mol. The number of benzene rings is 3. The molecule has 0 radical (unpaired) electrons. The van der Waals surface area contributed by atoms with Gasteiger partial charge in [-0.2, -0.15) is 5.10 Å². The molecule has 3 aromatic rings. The fraction of sp³-hybridized carbons (Fsp3) is 0.120. The molecule has 36 heavy (non-hydrogen) atoms. The number of hydrazone groups is 1. The molecule has 0 saturated carbocycles. The van der Waals surface area contributed by atoms with Crippen molar-refractivity contribution in [3.63, 3.8) is 0 Å². The lowest BCUT2D eigenvalue weighted by molar-refractivity contribution is -0.384. The fourth-order valence-electron chi connectivity index (χ4n) is 2.96. The van der Waals surface area contributed by atoms with Gasteiger partial charge in [0.1, 0.15) is 0 Å². The molecule has 0 saturated heterocycles. The van der Waals surface area contributed by atoms with Crippen LogP contribution < -0.4 is 20.2 Å². The molecule has 0 bridgehead atoms. The van der Waals surface area contributed by atoms with E-state index in [-0.39, 0.29) is 29.3 Å². The topological polar surface area (TPSA) is 149 Å². The van der Waals surface area contributed by atoms with E-state index < -0.39 is 22.7 Å². The summed E-state index contributed by atoms with van der Waals surface area (Å²) in [7, 11) is 1.38. The lowest BCUT2D eigenvalue weighted by Gasteiger charge is -2.11. The van der Waals surface area contributed by atoms with Gasteiger partial charge in [-0.15, -0.1) is 0 Å². The number of hydrogen-bond acceptors (Lipinski definition) is 8. The standard InChI is InChI=1S/C25H22N4O7/c1-16(27-28-24(31)23(30)26-15-17-6-4-3-5-7-17)19-10-13-21(22(14-19)35-2)36-25(32)18-8-11-20(12-9-18)29(33)34/h3-14H,15H2,1-2H3,(H,26,30)(H,28,31)/b27-16+. The summed E-state index contributed by atoms with van der Waals surface area (Å²) in [6.45, 7) is 1.81. The van der Waals surface area contributed by atoms with Gasteiger partial charge >= 0.3 is 17.8 Å². The Morgan fingerprint density at radius 1 is 0.917 bits per heavy atom. The first-order valence-electron chi connectivity index (χ1n) is 10.6. The Morgan fingerprint density at radius 2 is 1.58 bits per heavy atom. The smallest absolute Gasteiger partial charge is 0.343 e. The van der Waals surface area contributed by atoms with Crippen molar-refractivity contribution in [3.8, 4) is 11.5 Å². The Labute approximate surface area is 205 Å². The van der Waals surface area contributed by atoms with Crippen LogP contribution in [-0.2, 0) is 16.1 Å². The molecule has 3 aromatic carbocycles. The molecule has 0 unspecified atom stereocenters. The predicted octanol–water partition coefficient (Wildman–Crippen LogP) is 2.98. The minimum atomic E-state index is -0.925. The van der Waals surface area contributed by atoms with Crippen LogP contribution in [0.3, 0.4) is 0 Å². The Balaban J connectivity index is 1.62.